The van der Waals surface area contributed by atoms with Gasteiger partial charge in [-0.2, -0.15) is 0 Å². The van der Waals surface area contributed by atoms with E-state index in [2.05, 4.69) is 15.9 Å². The average Bonchev–Trinajstić information content (AvgIpc) is 2.62. The number of thiophene rings is 1. The van der Waals surface area contributed by atoms with E-state index < -0.39 is 6.10 Å². The molecule has 1 N–H and O–H groups in total. The fourth-order valence-corrected chi connectivity index (χ4v) is 3.21. The van der Waals surface area contributed by atoms with Crippen LogP contribution in [0.15, 0.2) is 28.7 Å². The Balaban J connectivity index is 2.36. The third-order valence-corrected chi connectivity index (χ3v) is 5.23. The summed E-state index contributed by atoms with van der Waals surface area (Å²) in [7, 11) is 0. The standard InChI is InChI=1S/C12H9BrCl2OS/c1-6-4-10(17-12(6)15)11(16)7-2-3-9(14)8(13)5-7/h2-5,11,16H,1H3. The van der Waals surface area contributed by atoms with Gasteiger partial charge in [0.1, 0.15) is 6.10 Å². The maximum atomic E-state index is 10.2. The molecule has 1 aromatic heterocycles. The molecular weight excluding hydrogens is 343 g/mol. The van der Waals surface area contributed by atoms with Crippen molar-refractivity contribution >= 4 is 50.5 Å². The fourth-order valence-electron chi connectivity index (χ4n) is 1.47. The Hall–Kier alpha value is -0.0600. The Morgan fingerprint density at radius 3 is 2.53 bits per heavy atom. The van der Waals surface area contributed by atoms with Gasteiger partial charge in [-0.25, -0.2) is 0 Å². The van der Waals surface area contributed by atoms with Crippen molar-refractivity contribution in [2.45, 2.75) is 13.0 Å². The Bertz CT molecular complexity index is 534. The predicted octanol–water partition coefficient (Wildman–Crippen LogP) is 5.21. The molecule has 0 saturated heterocycles. The largest absolute Gasteiger partial charge is 0.383 e. The molecular formula is C12H9BrCl2OS. The number of hydrogen-bond donors (Lipinski definition) is 1. The molecule has 2 aromatic rings. The van der Waals surface area contributed by atoms with E-state index in [4.69, 9.17) is 23.2 Å². The second kappa shape index (κ2) is 5.29. The van der Waals surface area contributed by atoms with Crippen LogP contribution in [0.3, 0.4) is 0 Å². The van der Waals surface area contributed by atoms with Gasteiger partial charge in [0.2, 0.25) is 0 Å². The molecule has 1 atom stereocenters. The first-order chi connectivity index (χ1) is 7.99. The minimum atomic E-state index is -0.667. The topological polar surface area (TPSA) is 20.2 Å². The van der Waals surface area contributed by atoms with Crippen LogP contribution in [0, 0.1) is 6.92 Å². The Morgan fingerprint density at radius 2 is 2.00 bits per heavy atom. The molecule has 1 nitrogen and oxygen atoms in total. The summed E-state index contributed by atoms with van der Waals surface area (Å²) in [5.74, 6) is 0. The maximum absolute atomic E-state index is 10.2. The van der Waals surface area contributed by atoms with E-state index in [-0.39, 0.29) is 0 Å². The summed E-state index contributed by atoms with van der Waals surface area (Å²) < 4.78 is 1.49. The van der Waals surface area contributed by atoms with Crippen LogP contribution in [0.2, 0.25) is 9.36 Å². The minimum Gasteiger partial charge on any atom is -0.383 e. The van der Waals surface area contributed by atoms with Gasteiger partial charge >= 0.3 is 0 Å². The molecule has 0 aliphatic rings. The first kappa shape index (κ1) is 13.4. The van der Waals surface area contributed by atoms with Gasteiger partial charge in [-0.05, 0) is 52.2 Å². The molecule has 0 radical (unpaired) electrons. The van der Waals surface area contributed by atoms with Crippen molar-refractivity contribution in [1.29, 1.82) is 0 Å². The van der Waals surface area contributed by atoms with Crippen LogP contribution in [0.25, 0.3) is 0 Å². The average molecular weight is 352 g/mol. The molecule has 0 amide bonds. The molecule has 1 unspecified atom stereocenters. The van der Waals surface area contributed by atoms with Crippen LogP contribution in [-0.2, 0) is 0 Å². The number of halogens is 3. The van der Waals surface area contributed by atoms with Gasteiger partial charge in [-0.1, -0.05) is 29.3 Å². The van der Waals surface area contributed by atoms with Crippen molar-refractivity contribution in [3.8, 4) is 0 Å². The first-order valence-corrected chi connectivity index (χ1v) is 7.24. The lowest BCUT2D eigenvalue weighted by Gasteiger charge is -2.09. The summed E-state index contributed by atoms with van der Waals surface area (Å²) in [4.78, 5) is 0.835. The number of hydrogen-bond acceptors (Lipinski definition) is 2. The molecule has 0 spiro atoms. The van der Waals surface area contributed by atoms with Crippen molar-refractivity contribution in [2.75, 3.05) is 0 Å². The van der Waals surface area contributed by atoms with Gasteiger partial charge < -0.3 is 5.11 Å². The number of benzene rings is 1. The van der Waals surface area contributed by atoms with E-state index in [1.165, 1.54) is 11.3 Å². The zero-order valence-electron chi connectivity index (χ0n) is 8.88. The van der Waals surface area contributed by atoms with Crippen LogP contribution in [-0.4, -0.2) is 5.11 Å². The Kier molecular flexibility index (Phi) is 4.16. The highest BCUT2D eigenvalue weighted by Gasteiger charge is 2.15. The van der Waals surface area contributed by atoms with Gasteiger partial charge in [0.25, 0.3) is 0 Å². The van der Waals surface area contributed by atoms with Crippen LogP contribution in [0.5, 0.6) is 0 Å². The molecule has 1 aromatic carbocycles. The smallest absolute Gasteiger partial charge is 0.113 e. The second-order valence-corrected chi connectivity index (χ2v) is 6.63. The molecule has 90 valence electrons. The van der Waals surface area contributed by atoms with E-state index in [1.54, 1.807) is 12.1 Å². The number of aliphatic hydroxyl groups is 1. The van der Waals surface area contributed by atoms with Gasteiger partial charge in [0.05, 0.1) is 9.36 Å². The lowest BCUT2D eigenvalue weighted by molar-refractivity contribution is 0.224. The van der Waals surface area contributed by atoms with Gasteiger partial charge in [-0.3, -0.25) is 0 Å². The summed E-state index contributed by atoms with van der Waals surface area (Å²) in [5, 5.41) is 10.9. The lowest BCUT2D eigenvalue weighted by Crippen LogP contribution is -1.96. The number of aliphatic hydroxyl groups excluding tert-OH is 1. The highest BCUT2D eigenvalue weighted by Crippen LogP contribution is 2.35. The molecule has 5 heteroatoms. The summed E-state index contributed by atoms with van der Waals surface area (Å²) in [6.07, 6.45) is -0.667. The van der Waals surface area contributed by atoms with Gasteiger partial charge in [-0.15, -0.1) is 11.3 Å². The van der Waals surface area contributed by atoms with E-state index in [9.17, 15) is 5.11 Å². The first-order valence-electron chi connectivity index (χ1n) is 4.88. The van der Waals surface area contributed by atoms with Crippen molar-refractivity contribution in [3.63, 3.8) is 0 Å². The quantitative estimate of drug-likeness (QED) is 0.787. The monoisotopic (exact) mass is 350 g/mol. The highest BCUT2D eigenvalue weighted by molar-refractivity contribution is 9.10. The molecule has 1 heterocycles. The van der Waals surface area contributed by atoms with Crippen LogP contribution in [0.4, 0.5) is 0 Å². The Morgan fingerprint density at radius 1 is 1.29 bits per heavy atom. The molecule has 0 bridgehead atoms. The summed E-state index contributed by atoms with van der Waals surface area (Å²) in [6.45, 7) is 1.92. The zero-order valence-corrected chi connectivity index (χ0v) is 12.8. The Labute approximate surface area is 122 Å². The minimum absolute atomic E-state index is 0.626. The fraction of sp³-hybridized carbons (Fsp3) is 0.167. The number of aryl methyl sites for hydroxylation is 1. The molecule has 0 aliphatic heterocycles. The molecule has 2 rings (SSSR count). The maximum Gasteiger partial charge on any atom is 0.113 e. The van der Waals surface area contributed by atoms with Crippen LogP contribution >= 0.6 is 50.5 Å². The molecule has 17 heavy (non-hydrogen) atoms. The highest BCUT2D eigenvalue weighted by atomic mass is 79.9. The molecule has 0 fully saturated rings. The van der Waals surface area contributed by atoms with Crippen LogP contribution < -0.4 is 0 Å². The third-order valence-electron chi connectivity index (χ3n) is 2.41. The van der Waals surface area contributed by atoms with Crippen molar-refractivity contribution in [2.24, 2.45) is 0 Å². The summed E-state index contributed by atoms with van der Waals surface area (Å²) in [5.41, 5.74) is 1.78. The SMILES string of the molecule is Cc1cc(C(O)c2ccc(Cl)c(Br)c2)sc1Cl. The van der Waals surface area contributed by atoms with Crippen molar-refractivity contribution in [3.05, 3.63) is 54.1 Å². The summed E-state index contributed by atoms with van der Waals surface area (Å²) >= 11 is 16.6. The zero-order chi connectivity index (χ0) is 12.6. The lowest BCUT2D eigenvalue weighted by atomic mass is 10.1. The molecule has 0 aliphatic carbocycles. The van der Waals surface area contributed by atoms with E-state index in [0.717, 1.165) is 20.5 Å². The van der Waals surface area contributed by atoms with E-state index >= 15 is 0 Å². The number of rotatable bonds is 2. The van der Waals surface area contributed by atoms with Gasteiger partial charge in [0.15, 0.2) is 0 Å². The predicted molar refractivity (Wildman–Crippen MR) is 77.3 cm³/mol. The van der Waals surface area contributed by atoms with E-state index in [0.29, 0.717) is 9.36 Å². The molecule has 0 saturated carbocycles. The normalized spacial score (nSPS) is 12.8. The third kappa shape index (κ3) is 2.85. The van der Waals surface area contributed by atoms with Crippen molar-refractivity contribution in [1.82, 2.24) is 0 Å². The summed E-state index contributed by atoms with van der Waals surface area (Å²) in [6, 6.07) is 7.28. The second-order valence-electron chi connectivity index (χ2n) is 3.68. The van der Waals surface area contributed by atoms with Gasteiger partial charge in [0, 0.05) is 9.35 Å². The van der Waals surface area contributed by atoms with E-state index in [1.807, 2.05) is 19.1 Å². The van der Waals surface area contributed by atoms with Crippen molar-refractivity contribution < 1.29 is 5.11 Å². The van der Waals surface area contributed by atoms with Crippen LogP contribution in [0.1, 0.15) is 22.1 Å².